The minimum absolute atomic E-state index is 0.566. The second kappa shape index (κ2) is 10.3. The van der Waals surface area contributed by atoms with Crippen LogP contribution in [0.5, 0.6) is 11.5 Å². The summed E-state index contributed by atoms with van der Waals surface area (Å²) in [5, 5.41) is 11.0. The lowest BCUT2D eigenvalue weighted by molar-refractivity contribution is 0.340. The van der Waals surface area contributed by atoms with Crippen molar-refractivity contribution in [1.29, 1.82) is 0 Å². The van der Waals surface area contributed by atoms with Crippen LogP contribution in [0.3, 0.4) is 0 Å². The summed E-state index contributed by atoms with van der Waals surface area (Å²) in [5.74, 6) is 2.89. The molecule has 3 aromatic carbocycles. The maximum Gasteiger partial charge on any atom is 0.196 e. The van der Waals surface area contributed by atoms with Crippen LogP contribution in [0.2, 0.25) is 10.0 Å². The van der Waals surface area contributed by atoms with Crippen LogP contribution in [0.15, 0.2) is 71.9 Å². The molecule has 4 rings (SSSR count). The standard InChI is InChI=1S/C24H21Cl2N3O2S/c1-3-31-19-13-9-17(10-14-19)29-23(16-7-11-18(30-2)12-8-16)27-28-24(29)32-15-20-21(25)5-4-6-22(20)26/h4-14H,3,15H2,1-2H3. The van der Waals surface area contributed by atoms with Crippen molar-refractivity contribution in [1.82, 2.24) is 14.8 Å². The van der Waals surface area contributed by atoms with Gasteiger partial charge < -0.3 is 9.47 Å². The molecule has 0 saturated heterocycles. The van der Waals surface area contributed by atoms with Crippen molar-refractivity contribution >= 4 is 35.0 Å². The van der Waals surface area contributed by atoms with Crippen molar-refractivity contribution in [2.45, 2.75) is 17.8 Å². The molecule has 0 aliphatic rings. The highest BCUT2D eigenvalue weighted by atomic mass is 35.5. The minimum atomic E-state index is 0.566. The molecule has 0 radical (unpaired) electrons. The van der Waals surface area contributed by atoms with Gasteiger partial charge in [0.2, 0.25) is 0 Å². The Bertz CT molecular complexity index is 1170. The smallest absolute Gasteiger partial charge is 0.196 e. The Labute approximate surface area is 201 Å². The first-order valence-corrected chi connectivity index (χ1v) is 11.7. The van der Waals surface area contributed by atoms with Crippen LogP contribution in [-0.4, -0.2) is 28.5 Å². The molecule has 0 aliphatic carbocycles. The third-order valence-corrected chi connectivity index (χ3v) is 6.46. The number of hydrogen-bond acceptors (Lipinski definition) is 5. The summed E-state index contributed by atoms with van der Waals surface area (Å²) in [6.45, 7) is 2.58. The van der Waals surface area contributed by atoms with Gasteiger partial charge in [0.05, 0.1) is 13.7 Å². The lowest BCUT2D eigenvalue weighted by atomic mass is 10.2. The number of nitrogens with zero attached hydrogens (tertiary/aromatic N) is 3. The fraction of sp³-hybridized carbons (Fsp3) is 0.167. The molecule has 4 aromatic rings. The van der Waals surface area contributed by atoms with Gasteiger partial charge in [-0.3, -0.25) is 4.57 Å². The summed E-state index contributed by atoms with van der Waals surface area (Å²) in [6.07, 6.45) is 0. The van der Waals surface area contributed by atoms with Gasteiger partial charge >= 0.3 is 0 Å². The summed E-state index contributed by atoms with van der Waals surface area (Å²) in [7, 11) is 1.64. The van der Waals surface area contributed by atoms with E-state index >= 15 is 0 Å². The van der Waals surface area contributed by atoms with E-state index in [0.717, 1.165) is 39.3 Å². The number of aromatic nitrogens is 3. The fourth-order valence-electron chi connectivity index (χ4n) is 3.19. The van der Waals surface area contributed by atoms with E-state index in [2.05, 4.69) is 10.2 Å². The Balaban J connectivity index is 1.73. The molecule has 0 N–H and O–H groups in total. The average Bonchev–Trinajstić information content (AvgIpc) is 3.23. The molecule has 0 fully saturated rings. The molecule has 164 valence electrons. The third-order valence-electron chi connectivity index (χ3n) is 4.79. The van der Waals surface area contributed by atoms with Crippen molar-refractivity contribution < 1.29 is 9.47 Å². The van der Waals surface area contributed by atoms with Crippen LogP contribution >= 0.6 is 35.0 Å². The van der Waals surface area contributed by atoms with Gasteiger partial charge in [-0.15, -0.1) is 10.2 Å². The molecule has 1 heterocycles. The fourth-order valence-corrected chi connectivity index (χ4v) is 4.88. The molecule has 32 heavy (non-hydrogen) atoms. The Morgan fingerprint density at radius 3 is 2.16 bits per heavy atom. The highest BCUT2D eigenvalue weighted by molar-refractivity contribution is 7.98. The normalized spacial score (nSPS) is 10.9. The molecular formula is C24H21Cl2N3O2S. The van der Waals surface area contributed by atoms with E-state index in [1.165, 1.54) is 11.8 Å². The molecule has 0 atom stereocenters. The second-order valence-corrected chi connectivity index (χ2v) is 8.54. The molecule has 0 amide bonds. The van der Waals surface area contributed by atoms with Crippen LogP contribution in [-0.2, 0) is 5.75 Å². The lowest BCUT2D eigenvalue weighted by Crippen LogP contribution is -2.00. The van der Waals surface area contributed by atoms with Crippen LogP contribution in [0.25, 0.3) is 17.1 Å². The number of hydrogen-bond donors (Lipinski definition) is 0. The largest absolute Gasteiger partial charge is 0.497 e. The monoisotopic (exact) mass is 485 g/mol. The van der Waals surface area contributed by atoms with Crippen molar-refractivity contribution in [2.24, 2.45) is 0 Å². The van der Waals surface area contributed by atoms with Gasteiger partial charge in [0.1, 0.15) is 11.5 Å². The number of ether oxygens (including phenoxy) is 2. The summed E-state index contributed by atoms with van der Waals surface area (Å²) in [6, 6.07) is 21.1. The van der Waals surface area contributed by atoms with E-state index in [1.807, 2.05) is 78.2 Å². The van der Waals surface area contributed by atoms with E-state index < -0.39 is 0 Å². The molecule has 0 bridgehead atoms. The first kappa shape index (κ1) is 22.5. The zero-order valence-electron chi connectivity index (χ0n) is 17.6. The third kappa shape index (κ3) is 4.88. The SMILES string of the molecule is CCOc1ccc(-n2c(SCc3c(Cl)cccc3Cl)nnc2-c2ccc(OC)cc2)cc1. The van der Waals surface area contributed by atoms with Crippen LogP contribution in [0, 0.1) is 0 Å². The van der Waals surface area contributed by atoms with E-state index in [1.54, 1.807) is 7.11 Å². The Kier molecular flexibility index (Phi) is 7.25. The maximum atomic E-state index is 6.36. The zero-order valence-corrected chi connectivity index (χ0v) is 19.9. The van der Waals surface area contributed by atoms with E-state index in [9.17, 15) is 0 Å². The predicted molar refractivity (Wildman–Crippen MR) is 131 cm³/mol. The quantitative estimate of drug-likeness (QED) is 0.253. The molecule has 0 saturated carbocycles. The van der Waals surface area contributed by atoms with Crippen molar-refractivity contribution in [2.75, 3.05) is 13.7 Å². The van der Waals surface area contributed by atoms with E-state index in [0.29, 0.717) is 22.4 Å². The molecular weight excluding hydrogens is 465 g/mol. The van der Waals surface area contributed by atoms with Gasteiger partial charge in [-0.05, 0) is 73.2 Å². The summed E-state index contributed by atoms with van der Waals surface area (Å²) >= 11 is 14.3. The Morgan fingerprint density at radius 2 is 1.53 bits per heavy atom. The molecule has 0 aliphatic heterocycles. The van der Waals surface area contributed by atoms with Crippen molar-refractivity contribution in [3.05, 3.63) is 82.3 Å². The van der Waals surface area contributed by atoms with E-state index in [-0.39, 0.29) is 0 Å². The van der Waals surface area contributed by atoms with Gasteiger partial charge in [0.25, 0.3) is 0 Å². The first-order valence-electron chi connectivity index (χ1n) is 9.99. The number of benzene rings is 3. The number of rotatable bonds is 8. The van der Waals surface area contributed by atoms with Crippen molar-refractivity contribution in [3.63, 3.8) is 0 Å². The topological polar surface area (TPSA) is 49.2 Å². The Morgan fingerprint density at radius 1 is 0.875 bits per heavy atom. The van der Waals surface area contributed by atoms with Crippen LogP contribution in [0.4, 0.5) is 0 Å². The summed E-state index contributed by atoms with van der Waals surface area (Å²) < 4.78 is 12.9. The highest BCUT2D eigenvalue weighted by Crippen LogP contribution is 2.34. The predicted octanol–water partition coefficient (Wildman–Crippen LogP) is 6.94. The van der Waals surface area contributed by atoms with Gasteiger partial charge in [-0.25, -0.2) is 0 Å². The van der Waals surface area contributed by atoms with Gasteiger partial charge in [0, 0.05) is 27.0 Å². The van der Waals surface area contributed by atoms with E-state index in [4.69, 9.17) is 32.7 Å². The van der Waals surface area contributed by atoms with Gasteiger partial charge in [-0.1, -0.05) is 41.0 Å². The number of methoxy groups -OCH3 is 1. The molecule has 1 aromatic heterocycles. The molecule has 0 unspecified atom stereocenters. The second-order valence-electron chi connectivity index (χ2n) is 6.79. The highest BCUT2D eigenvalue weighted by Gasteiger charge is 2.18. The average molecular weight is 486 g/mol. The molecule has 5 nitrogen and oxygen atoms in total. The summed E-state index contributed by atoms with van der Waals surface area (Å²) in [5.41, 5.74) is 2.72. The van der Waals surface area contributed by atoms with Gasteiger partial charge in [0.15, 0.2) is 11.0 Å². The molecule has 0 spiro atoms. The van der Waals surface area contributed by atoms with Crippen LogP contribution in [0.1, 0.15) is 12.5 Å². The number of thioether (sulfide) groups is 1. The minimum Gasteiger partial charge on any atom is -0.497 e. The van der Waals surface area contributed by atoms with Crippen LogP contribution < -0.4 is 9.47 Å². The maximum absolute atomic E-state index is 6.36. The zero-order chi connectivity index (χ0) is 22.5. The van der Waals surface area contributed by atoms with Gasteiger partial charge in [-0.2, -0.15) is 0 Å². The van der Waals surface area contributed by atoms with Crippen molar-refractivity contribution in [3.8, 4) is 28.6 Å². The number of halogens is 2. The lowest BCUT2D eigenvalue weighted by Gasteiger charge is -2.12. The Hall–Kier alpha value is -2.67. The molecule has 8 heteroatoms. The summed E-state index contributed by atoms with van der Waals surface area (Å²) in [4.78, 5) is 0. The first-order chi connectivity index (χ1) is 15.6.